The molecule has 0 bridgehead atoms. The molecule has 0 spiro atoms. The molecule has 0 fully saturated rings. The summed E-state index contributed by atoms with van der Waals surface area (Å²) in [6, 6.07) is 4.65. The van der Waals surface area contributed by atoms with Crippen LogP contribution in [0.15, 0.2) is 23.8 Å². The predicted molar refractivity (Wildman–Crippen MR) is 60.6 cm³/mol. The number of aromatic amines is 1. The molecule has 0 aliphatic heterocycles. The number of aromatic nitrogens is 3. The highest BCUT2D eigenvalue weighted by molar-refractivity contribution is 7.10. The molecule has 0 aliphatic carbocycles. The number of thiophene rings is 1. The maximum Gasteiger partial charge on any atom is 0.138 e. The maximum atomic E-state index is 4.08. The minimum atomic E-state index is 0.412. The van der Waals surface area contributed by atoms with Crippen molar-refractivity contribution >= 4 is 11.3 Å². The molecule has 5 heteroatoms. The Kier molecular flexibility index (Phi) is 3.47. The van der Waals surface area contributed by atoms with Gasteiger partial charge in [0.05, 0.1) is 6.54 Å². The number of rotatable bonds is 5. The molecule has 2 rings (SSSR count). The van der Waals surface area contributed by atoms with Crippen LogP contribution < -0.4 is 5.32 Å². The van der Waals surface area contributed by atoms with Gasteiger partial charge in [-0.1, -0.05) is 13.0 Å². The van der Waals surface area contributed by atoms with Gasteiger partial charge in [0.2, 0.25) is 0 Å². The molecule has 0 aromatic carbocycles. The second-order valence-electron chi connectivity index (χ2n) is 3.29. The minimum Gasteiger partial charge on any atom is -0.302 e. The molecule has 2 aromatic heterocycles. The number of hydrogen-bond donors (Lipinski definition) is 2. The Hall–Kier alpha value is -1.20. The molecular weight excluding hydrogens is 208 g/mol. The maximum absolute atomic E-state index is 4.08. The van der Waals surface area contributed by atoms with Crippen molar-refractivity contribution in [2.45, 2.75) is 25.9 Å². The first-order chi connectivity index (χ1) is 7.40. The highest BCUT2D eigenvalue weighted by Gasteiger charge is 2.09. The smallest absolute Gasteiger partial charge is 0.138 e. The van der Waals surface area contributed by atoms with E-state index in [2.05, 4.69) is 44.9 Å². The van der Waals surface area contributed by atoms with Gasteiger partial charge >= 0.3 is 0 Å². The number of hydrogen-bond acceptors (Lipinski definition) is 4. The summed E-state index contributed by atoms with van der Waals surface area (Å²) in [7, 11) is 0. The average molecular weight is 222 g/mol. The molecule has 0 aliphatic rings. The van der Waals surface area contributed by atoms with Crippen molar-refractivity contribution in [1.29, 1.82) is 0 Å². The second-order valence-corrected chi connectivity index (χ2v) is 4.27. The van der Waals surface area contributed by atoms with Crippen LogP contribution in [0.5, 0.6) is 0 Å². The molecule has 15 heavy (non-hydrogen) atoms. The molecule has 1 atom stereocenters. The van der Waals surface area contributed by atoms with E-state index in [-0.39, 0.29) is 0 Å². The van der Waals surface area contributed by atoms with E-state index in [1.807, 2.05) is 0 Å². The van der Waals surface area contributed by atoms with E-state index in [1.165, 1.54) is 11.2 Å². The van der Waals surface area contributed by atoms with Crippen molar-refractivity contribution in [3.63, 3.8) is 0 Å². The van der Waals surface area contributed by atoms with E-state index in [4.69, 9.17) is 0 Å². The van der Waals surface area contributed by atoms with E-state index >= 15 is 0 Å². The molecule has 0 radical (unpaired) electrons. The molecule has 2 heterocycles. The molecule has 4 nitrogen and oxygen atoms in total. The lowest BCUT2D eigenvalue weighted by atomic mass is 10.2. The van der Waals surface area contributed by atoms with Crippen molar-refractivity contribution < 1.29 is 0 Å². The molecule has 80 valence electrons. The number of nitrogens with zero attached hydrogens (tertiary/aromatic N) is 2. The first-order valence-corrected chi connectivity index (χ1v) is 5.89. The van der Waals surface area contributed by atoms with Gasteiger partial charge in [-0.3, -0.25) is 5.10 Å². The van der Waals surface area contributed by atoms with E-state index in [9.17, 15) is 0 Å². The molecule has 2 N–H and O–H groups in total. The zero-order valence-electron chi connectivity index (χ0n) is 8.60. The Morgan fingerprint density at radius 2 is 2.53 bits per heavy atom. The molecule has 0 amide bonds. The SMILES string of the molecule is CCC(NCc1ncn[nH]1)c1cccs1. The van der Waals surface area contributed by atoms with Crippen LogP contribution in [-0.2, 0) is 6.54 Å². The van der Waals surface area contributed by atoms with Crippen LogP contribution in [0.1, 0.15) is 30.1 Å². The first kappa shape index (κ1) is 10.3. The Bertz CT molecular complexity index is 368. The third-order valence-electron chi connectivity index (χ3n) is 2.28. The van der Waals surface area contributed by atoms with E-state index in [0.29, 0.717) is 6.04 Å². The molecular formula is C10H14N4S. The predicted octanol–water partition coefficient (Wildman–Crippen LogP) is 2.11. The standard InChI is InChI=1S/C10H14N4S/c1-2-8(9-4-3-5-15-9)11-6-10-12-7-13-14-10/h3-5,7-8,11H,2,6H2,1H3,(H,12,13,14). The second kappa shape index (κ2) is 5.04. The van der Waals surface area contributed by atoms with Gasteiger partial charge in [0, 0.05) is 10.9 Å². The number of H-pyrrole nitrogens is 1. The highest BCUT2D eigenvalue weighted by atomic mass is 32.1. The van der Waals surface area contributed by atoms with E-state index in [0.717, 1.165) is 18.8 Å². The van der Waals surface area contributed by atoms with Crippen LogP contribution in [0.25, 0.3) is 0 Å². The summed E-state index contributed by atoms with van der Waals surface area (Å²) in [6.07, 6.45) is 2.61. The van der Waals surface area contributed by atoms with E-state index < -0.39 is 0 Å². The summed E-state index contributed by atoms with van der Waals surface area (Å²) in [4.78, 5) is 5.45. The molecule has 1 unspecified atom stereocenters. The van der Waals surface area contributed by atoms with Gasteiger partial charge in [-0.2, -0.15) is 5.10 Å². The van der Waals surface area contributed by atoms with Gasteiger partial charge in [0.15, 0.2) is 0 Å². The highest BCUT2D eigenvalue weighted by Crippen LogP contribution is 2.21. The van der Waals surface area contributed by atoms with Gasteiger partial charge in [-0.05, 0) is 17.9 Å². The first-order valence-electron chi connectivity index (χ1n) is 5.01. The third kappa shape index (κ3) is 2.64. The zero-order valence-corrected chi connectivity index (χ0v) is 9.42. The zero-order chi connectivity index (χ0) is 10.5. The lowest BCUT2D eigenvalue weighted by molar-refractivity contribution is 0.516. The Morgan fingerprint density at radius 3 is 3.13 bits per heavy atom. The average Bonchev–Trinajstić information content (AvgIpc) is 2.90. The summed E-state index contributed by atoms with van der Waals surface area (Å²) in [6.45, 7) is 2.91. The molecule has 0 saturated carbocycles. The van der Waals surface area contributed by atoms with Crippen molar-refractivity contribution in [3.05, 3.63) is 34.5 Å². The Labute approximate surface area is 92.8 Å². The fourth-order valence-corrected chi connectivity index (χ4v) is 2.36. The van der Waals surface area contributed by atoms with Gasteiger partial charge in [-0.15, -0.1) is 11.3 Å². The normalized spacial score (nSPS) is 12.9. The van der Waals surface area contributed by atoms with Gasteiger partial charge in [-0.25, -0.2) is 4.98 Å². The number of nitrogens with one attached hydrogen (secondary N) is 2. The molecule has 2 aromatic rings. The topological polar surface area (TPSA) is 53.6 Å². The van der Waals surface area contributed by atoms with E-state index in [1.54, 1.807) is 11.3 Å². The summed E-state index contributed by atoms with van der Waals surface area (Å²) >= 11 is 1.78. The summed E-state index contributed by atoms with van der Waals surface area (Å²) in [5.74, 6) is 0.880. The summed E-state index contributed by atoms with van der Waals surface area (Å²) < 4.78 is 0. The fourth-order valence-electron chi connectivity index (χ4n) is 1.47. The lowest BCUT2D eigenvalue weighted by Gasteiger charge is -2.13. The van der Waals surface area contributed by atoms with Crippen molar-refractivity contribution in [3.8, 4) is 0 Å². The quantitative estimate of drug-likeness (QED) is 0.814. The van der Waals surface area contributed by atoms with Crippen LogP contribution in [-0.4, -0.2) is 15.2 Å². The fraction of sp³-hybridized carbons (Fsp3) is 0.400. The summed E-state index contributed by atoms with van der Waals surface area (Å²) in [5.41, 5.74) is 0. The van der Waals surface area contributed by atoms with Gasteiger partial charge in [0.25, 0.3) is 0 Å². The van der Waals surface area contributed by atoms with Crippen LogP contribution in [0.3, 0.4) is 0 Å². The van der Waals surface area contributed by atoms with Crippen molar-refractivity contribution in [1.82, 2.24) is 20.5 Å². The summed E-state index contributed by atoms with van der Waals surface area (Å²) in [5, 5.41) is 12.2. The van der Waals surface area contributed by atoms with Crippen LogP contribution in [0.4, 0.5) is 0 Å². The van der Waals surface area contributed by atoms with Gasteiger partial charge < -0.3 is 5.32 Å². The monoisotopic (exact) mass is 222 g/mol. The minimum absolute atomic E-state index is 0.412. The van der Waals surface area contributed by atoms with Crippen molar-refractivity contribution in [2.75, 3.05) is 0 Å². The third-order valence-corrected chi connectivity index (χ3v) is 3.26. The van der Waals surface area contributed by atoms with Crippen molar-refractivity contribution in [2.24, 2.45) is 0 Å². The van der Waals surface area contributed by atoms with Crippen LogP contribution in [0, 0.1) is 0 Å². The largest absolute Gasteiger partial charge is 0.302 e. The van der Waals surface area contributed by atoms with Crippen LogP contribution >= 0.6 is 11.3 Å². The Balaban J connectivity index is 1.92. The molecule has 0 saturated heterocycles. The van der Waals surface area contributed by atoms with Crippen LogP contribution in [0.2, 0.25) is 0 Å². The Morgan fingerprint density at radius 1 is 1.60 bits per heavy atom. The lowest BCUT2D eigenvalue weighted by Crippen LogP contribution is -2.20. The van der Waals surface area contributed by atoms with Gasteiger partial charge in [0.1, 0.15) is 12.2 Å².